The van der Waals surface area contributed by atoms with Crippen molar-refractivity contribution in [3.63, 3.8) is 0 Å². The molecule has 0 bridgehead atoms. The van der Waals surface area contributed by atoms with Crippen LogP contribution in [0.25, 0.3) is 11.1 Å². The van der Waals surface area contributed by atoms with Crippen LogP contribution in [0.15, 0.2) is 24.4 Å². The molecule has 0 unspecified atom stereocenters. The minimum absolute atomic E-state index is 0.471. The highest BCUT2D eigenvalue weighted by Gasteiger charge is 2.13. The lowest BCUT2D eigenvalue weighted by atomic mass is 10.1. The number of anilines is 1. The maximum atomic E-state index is 5.86. The first-order valence-corrected chi connectivity index (χ1v) is 5.17. The first-order chi connectivity index (χ1) is 8.15. The Hall–Kier alpha value is -2.17. The van der Waals surface area contributed by atoms with Crippen LogP contribution in [0.3, 0.4) is 0 Å². The summed E-state index contributed by atoms with van der Waals surface area (Å²) < 4.78 is 12.2. The summed E-state index contributed by atoms with van der Waals surface area (Å²) >= 11 is 0. The molecule has 1 aromatic heterocycles. The second-order valence-electron chi connectivity index (χ2n) is 3.67. The lowest BCUT2D eigenvalue weighted by Crippen LogP contribution is -1.93. The maximum Gasteiger partial charge on any atom is 0.153 e. The van der Waals surface area contributed by atoms with Crippen molar-refractivity contribution in [3.05, 3.63) is 24.4 Å². The van der Waals surface area contributed by atoms with Gasteiger partial charge in [-0.2, -0.15) is 5.10 Å². The SMILES string of the molecule is COc1ccc(OC)c(-c2cn(C)nc2N)c1. The summed E-state index contributed by atoms with van der Waals surface area (Å²) in [6.45, 7) is 0. The summed E-state index contributed by atoms with van der Waals surface area (Å²) in [6, 6.07) is 5.57. The van der Waals surface area contributed by atoms with E-state index < -0.39 is 0 Å². The highest BCUT2D eigenvalue weighted by molar-refractivity contribution is 5.79. The highest BCUT2D eigenvalue weighted by Crippen LogP contribution is 2.35. The van der Waals surface area contributed by atoms with E-state index in [0.717, 1.165) is 22.6 Å². The van der Waals surface area contributed by atoms with Crippen LogP contribution in [0.2, 0.25) is 0 Å². The zero-order chi connectivity index (χ0) is 12.4. The fourth-order valence-corrected chi connectivity index (χ4v) is 1.74. The third-order valence-electron chi connectivity index (χ3n) is 2.55. The minimum Gasteiger partial charge on any atom is -0.497 e. The van der Waals surface area contributed by atoms with Gasteiger partial charge in [-0.15, -0.1) is 0 Å². The molecule has 1 heterocycles. The summed E-state index contributed by atoms with van der Waals surface area (Å²) in [4.78, 5) is 0. The Morgan fingerprint density at radius 3 is 2.47 bits per heavy atom. The Bertz CT molecular complexity index is 535. The van der Waals surface area contributed by atoms with Gasteiger partial charge in [0.1, 0.15) is 11.5 Å². The highest BCUT2D eigenvalue weighted by atomic mass is 16.5. The van der Waals surface area contributed by atoms with E-state index in [0.29, 0.717) is 5.82 Å². The number of nitrogens with two attached hydrogens (primary N) is 1. The number of aryl methyl sites for hydroxylation is 1. The monoisotopic (exact) mass is 233 g/mol. The molecule has 2 aromatic rings. The lowest BCUT2D eigenvalue weighted by Gasteiger charge is -2.09. The van der Waals surface area contributed by atoms with Crippen LogP contribution in [0.1, 0.15) is 0 Å². The van der Waals surface area contributed by atoms with Crippen LogP contribution in [0, 0.1) is 0 Å². The molecule has 0 spiro atoms. The first kappa shape index (κ1) is 11.3. The van der Waals surface area contributed by atoms with Crippen LogP contribution in [0.5, 0.6) is 11.5 Å². The van der Waals surface area contributed by atoms with Crippen molar-refractivity contribution < 1.29 is 9.47 Å². The number of hydrogen-bond donors (Lipinski definition) is 1. The number of methoxy groups -OCH3 is 2. The topological polar surface area (TPSA) is 62.3 Å². The van der Waals surface area contributed by atoms with E-state index in [-0.39, 0.29) is 0 Å². The molecule has 0 aliphatic carbocycles. The second-order valence-corrected chi connectivity index (χ2v) is 3.67. The van der Waals surface area contributed by atoms with E-state index in [2.05, 4.69) is 5.10 Å². The van der Waals surface area contributed by atoms with Gasteiger partial charge in [0.2, 0.25) is 0 Å². The van der Waals surface area contributed by atoms with Gasteiger partial charge in [0.05, 0.1) is 14.2 Å². The smallest absolute Gasteiger partial charge is 0.153 e. The number of hydrogen-bond acceptors (Lipinski definition) is 4. The molecule has 0 aliphatic rings. The summed E-state index contributed by atoms with van der Waals surface area (Å²) in [5.74, 6) is 1.97. The first-order valence-electron chi connectivity index (χ1n) is 5.17. The fraction of sp³-hybridized carbons (Fsp3) is 0.250. The van der Waals surface area contributed by atoms with E-state index in [1.165, 1.54) is 0 Å². The molecule has 2 rings (SSSR count). The second kappa shape index (κ2) is 4.37. The van der Waals surface area contributed by atoms with Gasteiger partial charge in [-0.25, -0.2) is 0 Å². The van der Waals surface area contributed by atoms with Crippen molar-refractivity contribution in [2.45, 2.75) is 0 Å². The van der Waals surface area contributed by atoms with E-state index in [1.807, 2.05) is 31.4 Å². The van der Waals surface area contributed by atoms with Gasteiger partial charge in [0.15, 0.2) is 5.82 Å². The molecule has 0 radical (unpaired) electrons. The van der Waals surface area contributed by atoms with E-state index >= 15 is 0 Å². The zero-order valence-corrected chi connectivity index (χ0v) is 10.1. The molecule has 0 saturated heterocycles. The summed E-state index contributed by atoms with van der Waals surface area (Å²) in [5.41, 5.74) is 7.57. The van der Waals surface area contributed by atoms with Crippen molar-refractivity contribution in [1.29, 1.82) is 0 Å². The van der Waals surface area contributed by atoms with Gasteiger partial charge in [0.25, 0.3) is 0 Å². The van der Waals surface area contributed by atoms with Gasteiger partial charge in [-0.1, -0.05) is 0 Å². The summed E-state index contributed by atoms with van der Waals surface area (Å²) in [6.07, 6.45) is 1.85. The number of nitrogens with zero attached hydrogens (tertiary/aromatic N) is 2. The minimum atomic E-state index is 0.471. The largest absolute Gasteiger partial charge is 0.497 e. The molecule has 5 nitrogen and oxygen atoms in total. The van der Waals surface area contributed by atoms with Crippen molar-refractivity contribution in [1.82, 2.24) is 9.78 Å². The Morgan fingerprint density at radius 1 is 1.18 bits per heavy atom. The van der Waals surface area contributed by atoms with E-state index in [1.54, 1.807) is 18.9 Å². The number of aromatic nitrogens is 2. The molecular formula is C12H15N3O2. The Balaban J connectivity index is 2.59. The molecule has 90 valence electrons. The molecular weight excluding hydrogens is 218 g/mol. The number of ether oxygens (including phenoxy) is 2. The van der Waals surface area contributed by atoms with Crippen LogP contribution in [-0.2, 0) is 7.05 Å². The summed E-state index contributed by atoms with van der Waals surface area (Å²) in [5, 5.41) is 4.12. The van der Waals surface area contributed by atoms with Crippen molar-refractivity contribution in [2.75, 3.05) is 20.0 Å². The molecule has 2 N–H and O–H groups in total. The molecule has 0 saturated carbocycles. The normalized spacial score (nSPS) is 10.3. The summed E-state index contributed by atoms with van der Waals surface area (Å²) in [7, 11) is 5.07. The van der Waals surface area contributed by atoms with Crippen LogP contribution >= 0.6 is 0 Å². The predicted octanol–water partition coefficient (Wildman–Crippen LogP) is 1.69. The van der Waals surface area contributed by atoms with E-state index in [9.17, 15) is 0 Å². The number of benzene rings is 1. The lowest BCUT2D eigenvalue weighted by molar-refractivity contribution is 0.404. The average Bonchev–Trinajstić information content (AvgIpc) is 2.67. The molecule has 0 amide bonds. The zero-order valence-electron chi connectivity index (χ0n) is 10.1. The number of rotatable bonds is 3. The van der Waals surface area contributed by atoms with Crippen molar-refractivity contribution in [2.24, 2.45) is 7.05 Å². The Morgan fingerprint density at radius 2 is 1.94 bits per heavy atom. The fourth-order valence-electron chi connectivity index (χ4n) is 1.74. The van der Waals surface area contributed by atoms with Gasteiger partial charge < -0.3 is 15.2 Å². The van der Waals surface area contributed by atoms with Crippen LogP contribution in [0.4, 0.5) is 5.82 Å². The number of nitrogen functional groups attached to an aromatic ring is 1. The molecule has 17 heavy (non-hydrogen) atoms. The maximum absolute atomic E-state index is 5.86. The van der Waals surface area contributed by atoms with Crippen molar-refractivity contribution >= 4 is 5.82 Å². The molecule has 0 aliphatic heterocycles. The quantitative estimate of drug-likeness (QED) is 0.876. The molecule has 5 heteroatoms. The van der Waals surface area contributed by atoms with Crippen LogP contribution < -0.4 is 15.2 Å². The predicted molar refractivity (Wildman–Crippen MR) is 66.2 cm³/mol. The van der Waals surface area contributed by atoms with E-state index in [4.69, 9.17) is 15.2 Å². The average molecular weight is 233 g/mol. The van der Waals surface area contributed by atoms with Crippen LogP contribution in [-0.4, -0.2) is 24.0 Å². The molecule has 1 aromatic carbocycles. The third kappa shape index (κ3) is 2.04. The van der Waals surface area contributed by atoms with Gasteiger partial charge in [0, 0.05) is 24.4 Å². The van der Waals surface area contributed by atoms with Gasteiger partial charge in [-0.05, 0) is 18.2 Å². The molecule has 0 atom stereocenters. The third-order valence-corrected chi connectivity index (χ3v) is 2.55. The van der Waals surface area contributed by atoms with Gasteiger partial charge >= 0.3 is 0 Å². The van der Waals surface area contributed by atoms with Crippen molar-refractivity contribution in [3.8, 4) is 22.6 Å². The standard InChI is InChI=1S/C12H15N3O2/c1-15-7-10(12(13)14-15)9-6-8(16-2)4-5-11(9)17-3/h4-7H,1-3H3,(H2,13,14). The Kier molecular flexibility index (Phi) is 2.91. The molecule has 0 fully saturated rings. The van der Waals surface area contributed by atoms with Gasteiger partial charge in [-0.3, -0.25) is 4.68 Å². The Labute approximate surface area is 99.8 Å².